The second-order valence-corrected chi connectivity index (χ2v) is 16.8. The summed E-state index contributed by atoms with van der Waals surface area (Å²) in [6.07, 6.45) is 14.8. The van der Waals surface area contributed by atoms with Crippen molar-refractivity contribution in [2.75, 3.05) is 53.0 Å². The van der Waals surface area contributed by atoms with E-state index in [-0.39, 0.29) is 11.5 Å². The minimum absolute atomic E-state index is 0.159. The SMILES string of the molecule is CC(CCCN(C)Cc1ccccc1)C1CC[C@H]2C3[C@H](OCCCN)CC4C[C@H](OCCCN)CC[C@]4(C)[C@H]3C[C@H](OCCCN)[C@]12C. The van der Waals surface area contributed by atoms with Crippen LogP contribution in [0.25, 0.3) is 0 Å². The highest BCUT2D eigenvalue weighted by molar-refractivity contribution is 5.16. The number of nitrogens with zero attached hydrogens (tertiary/aromatic N) is 1. The fourth-order valence-corrected chi connectivity index (χ4v) is 11.5. The van der Waals surface area contributed by atoms with Gasteiger partial charge in [0.05, 0.1) is 18.3 Å². The van der Waals surface area contributed by atoms with Crippen molar-refractivity contribution in [3.05, 3.63) is 35.9 Å². The maximum absolute atomic E-state index is 7.04. The number of rotatable bonds is 19. The summed E-state index contributed by atoms with van der Waals surface area (Å²) in [7, 11) is 2.27. The summed E-state index contributed by atoms with van der Waals surface area (Å²) in [6.45, 7) is 14.4. The molecule has 11 atom stereocenters. The molecule has 1 aromatic carbocycles. The second kappa shape index (κ2) is 17.9. The summed E-state index contributed by atoms with van der Waals surface area (Å²) in [4.78, 5) is 2.49. The largest absolute Gasteiger partial charge is 0.378 e. The van der Waals surface area contributed by atoms with Crippen molar-refractivity contribution < 1.29 is 14.2 Å². The highest BCUT2D eigenvalue weighted by Gasteiger charge is 2.66. The third kappa shape index (κ3) is 8.52. The lowest BCUT2D eigenvalue weighted by molar-refractivity contribution is -0.227. The van der Waals surface area contributed by atoms with Gasteiger partial charge in [0.1, 0.15) is 0 Å². The Balaban J connectivity index is 1.34. The molecular formula is C41H72N4O3. The molecule has 4 aliphatic carbocycles. The molecule has 0 aliphatic heterocycles. The Kier molecular flexibility index (Phi) is 14.3. The first-order chi connectivity index (χ1) is 23.3. The predicted octanol–water partition coefficient (Wildman–Crippen LogP) is 6.62. The van der Waals surface area contributed by atoms with Gasteiger partial charge < -0.3 is 36.3 Å². The molecule has 4 unspecified atom stereocenters. The molecule has 0 radical (unpaired) electrons. The summed E-state index contributed by atoms with van der Waals surface area (Å²) in [5.74, 6) is 3.81. The standard InChI is InChI=1S/C41H72N4O3/c1-30(12-8-22-45(4)29-31-13-6-5-7-14-31)34-15-16-35-39-36(28-38(41(34,35)3)48-25-11-21-44)40(2)18-17-33(46-23-9-19-42)26-32(40)27-37(39)47-24-10-20-43/h5-7,13-14,30,32-39H,8-12,15-29,42-44H2,1-4H3/t30?,32?,33-,34?,35+,36+,37-,38+,39?,40+,41-/m1/s1. The van der Waals surface area contributed by atoms with Crippen LogP contribution in [-0.2, 0) is 20.8 Å². The van der Waals surface area contributed by atoms with Crippen molar-refractivity contribution in [3.8, 4) is 0 Å². The summed E-state index contributed by atoms with van der Waals surface area (Å²) < 4.78 is 20.4. The first-order valence-corrected chi connectivity index (χ1v) is 19.9. The van der Waals surface area contributed by atoms with E-state index in [9.17, 15) is 0 Å². The van der Waals surface area contributed by atoms with Crippen LogP contribution in [0.2, 0.25) is 0 Å². The maximum Gasteiger partial charge on any atom is 0.0637 e. The quantitative estimate of drug-likeness (QED) is 0.142. The zero-order valence-electron chi connectivity index (χ0n) is 31.1. The van der Waals surface area contributed by atoms with Gasteiger partial charge in [0.15, 0.2) is 0 Å². The van der Waals surface area contributed by atoms with Crippen molar-refractivity contribution in [2.24, 2.45) is 63.5 Å². The first-order valence-electron chi connectivity index (χ1n) is 19.9. The molecule has 0 bridgehead atoms. The van der Waals surface area contributed by atoms with E-state index in [1.165, 1.54) is 44.1 Å². The molecule has 6 N–H and O–H groups in total. The van der Waals surface area contributed by atoms with Gasteiger partial charge in [0.2, 0.25) is 0 Å². The van der Waals surface area contributed by atoms with E-state index in [4.69, 9.17) is 31.4 Å². The zero-order valence-corrected chi connectivity index (χ0v) is 31.1. The minimum Gasteiger partial charge on any atom is -0.378 e. The third-order valence-corrected chi connectivity index (χ3v) is 14.0. The average molecular weight is 669 g/mol. The summed E-state index contributed by atoms with van der Waals surface area (Å²) in [5.41, 5.74) is 19.6. The second-order valence-electron chi connectivity index (χ2n) is 16.8. The Morgan fingerprint density at radius 3 is 2.21 bits per heavy atom. The van der Waals surface area contributed by atoms with Gasteiger partial charge in [-0.15, -0.1) is 0 Å². The molecule has 0 spiro atoms. The van der Waals surface area contributed by atoms with Gasteiger partial charge in [0, 0.05) is 31.8 Å². The number of ether oxygens (including phenoxy) is 3. The Labute approximate surface area is 293 Å². The highest BCUT2D eigenvalue weighted by Crippen LogP contribution is 2.69. The van der Waals surface area contributed by atoms with Crippen LogP contribution >= 0.6 is 0 Å². The van der Waals surface area contributed by atoms with Crippen molar-refractivity contribution in [1.82, 2.24) is 4.90 Å². The van der Waals surface area contributed by atoms with Gasteiger partial charge >= 0.3 is 0 Å². The molecule has 4 fully saturated rings. The molecule has 5 rings (SSSR count). The van der Waals surface area contributed by atoms with Crippen LogP contribution in [0.4, 0.5) is 0 Å². The molecule has 48 heavy (non-hydrogen) atoms. The Morgan fingerprint density at radius 2 is 1.50 bits per heavy atom. The molecule has 274 valence electrons. The molecule has 7 nitrogen and oxygen atoms in total. The lowest BCUT2D eigenvalue weighted by atomic mass is 9.43. The molecule has 1 aromatic rings. The molecular weight excluding hydrogens is 596 g/mol. The molecule has 0 aromatic heterocycles. The van der Waals surface area contributed by atoms with Crippen LogP contribution in [-0.4, -0.2) is 76.3 Å². The summed E-state index contributed by atoms with van der Waals surface area (Å²) >= 11 is 0. The minimum atomic E-state index is 0.159. The molecule has 0 saturated heterocycles. The monoisotopic (exact) mass is 669 g/mol. The fourth-order valence-electron chi connectivity index (χ4n) is 11.5. The van der Waals surface area contributed by atoms with E-state index in [1.807, 2.05) is 0 Å². The van der Waals surface area contributed by atoms with Crippen LogP contribution < -0.4 is 17.2 Å². The van der Waals surface area contributed by atoms with Crippen molar-refractivity contribution >= 4 is 0 Å². The molecule has 4 saturated carbocycles. The van der Waals surface area contributed by atoms with Gasteiger partial charge in [-0.2, -0.15) is 0 Å². The molecule has 0 amide bonds. The number of benzene rings is 1. The zero-order chi connectivity index (χ0) is 34.1. The number of hydrogen-bond donors (Lipinski definition) is 3. The lowest BCUT2D eigenvalue weighted by Crippen LogP contribution is -2.63. The Morgan fingerprint density at radius 1 is 0.812 bits per heavy atom. The van der Waals surface area contributed by atoms with Crippen LogP contribution in [0.5, 0.6) is 0 Å². The van der Waals surface area contributed by atoms with E-state index in [0.717, 1.165) is 71.4 Å². The van der Waals surface area contributed by atoms with Crippen molar-refractivity contribution in [3.63, 3.8) is 0 Å². The van der Waals surface area contributed by atoms with Crippen molar-refractivity contribution in [1.29, 1.82) is 0 Å². The normalized spacial score (nSPS) is 36.8. The van der Waals surface area contributed by atoms with Gasteiger partial charge in [-0.3, -0.25) is 0 Å². The lowest BCUT2D eigenvalue weighted by Gasteiger charge is -2.65. The maximum atomic E-state index is 7.04. The topological polar surface area (TPSA) is 109 Å². The van der Waals surface area contributed by atoms with Gasteiger partial charge in [0.25, 0.3) is 0 Å². The van der Waals surface area contributed by atoms with Gasteiger partial charge in [-0.05, 0) is 157 Å². The van der Waals surface area contributed by atoms with Crippen molar-refractivity contribution in [2.45, 2.75) is 123 Å². The van der Waals surface area contributed by atoms with Crippen LogP contribution in [0.3, 0.4) is 0 Å². The van der Waals surface area contributed by atoms with Crippen LogP contribution in [0.15, 0.2) is 30.3 Å². The third-order valence-electron chi connectivity index (χ3n) is 14.0. The Bertz CT molecular complexity index is 1080. The predicted molar refractivity (Wildman–Crippen MR) is 197 cm³/mol. The number of hydrogen-bond acceptors (Lipinski definition) is 7. The first kappa shape index (κ1) is 38.2. The highest BCUT2D eigenvalue weighted by atomic mass is 16.5. The molecule has 4 aliphatic rings. The Hall–Kier alpha value is -1.06. The van der Waals surface area contributed by atoms with Gasteiger partial charge in [-0.25, -0.2) is 0 Å². The van der Waals surface area contributed by atoms with Gasteiger partial charge in [-0.1, -0.05) is 51.1 Å². The average Bonchev–Trinajstić information content (AvgIpc) is 3.44. The number of nitrogens with two attached hydrogens (primary N) is 3. The van der Waals surface area contributed by atoms with Crippen LogP contribution in [0, 0.1) is 46.3 Å². The van der Waals surface area contributed by atoms with E-state index in [1.54, 1.807) is 0 Å². The van der Waals surface area contributed by atoms with E-state index >= 15 is 0 Å². The molecule has 7 heteroatoms. The summed E-state index contributed by atoms with van der Waals surface area (Å²) in [6, 6.07) is 10.9. The smallest absolute Gasteiger partial charge is 0.0637 e. The summed E-state index contributed by atoms with van der Waals surface area (Å²) in [5, 5.41) is 0. The van der Waals surface area contributed by atoms with E-state index in [0.29, 0.717) is 72.8 Å². The van der Waals surface area contributed by atoms with E-state index in [2.05, 4.69) is 63.1 Å². The van der Waals surface area contributed by atoms with E-state index < -0.39 is 0 Å². The fraction of sp³-hybridized carbons (Fsp3) is 0.854. The number of fused-ring (bicyclic) bond motifs is 5. The van der Waals surface area contributed by atoms with Crippen LogP contribution in [0.1, 0.15) is 103 Å². The molecule has 0 heterocycles.